The molecule has 2 aromatic rings. The molecule has 2 aliphatic rings. The van der Waals surface area contributed by atoms with E-state index in [1.54, 1.807) is 0 Å². The highest BCUT2D eigenvalue weighted by molar-refractivity contribution is 14.0. The summed E-state index contributed by atoms with van der Waals surface area (Å²) in [5.74, 6) is 2.13. The summed E-state index contributed by atoms with van der Waals surface area (Å²) in [7, 11) is 0. The summed E-state index contributed by atoms with van der Waals surface area (Å²) in [6.45, 7) is 9.02. The number of aryl methyl sites for hydroxylation is 1. The molecule has 28 heavy (non-hydrogen) atoms. The zero-order valence-corrected chi connectivity index (χ0v) is 19.4. The fraction of sp³-hybridized carbons (Fsp3) is 0.545. The van der Waals surface area contributed by atoms with Gasteiger partial charge in [0.2, 0.25) is 0 Å². The summed E-state index contributed by atoms with van der Waals surface area (Å²) < 4.78 is 2.18. The minimum atomic E-state index is 0. The Kier molecular flexibility index (Phi) is 7.01. The van der Waals surface area contributed by atoms with Crippen molar-refractivity contribution in [1.82, 2.24) is 19.8 Å². The first-order chi connectivity index (χ1) is 13.2. The number of hydrogen-bond donors (Lipinski definition) is 1. The van der Waals surface area contributed by atoms with Crippen molar-refractivity contribution in [2.24, 2.45) is 10.4 Å². The molecule has 1 aliphatic heterocycles. The second-order valence-corrected chi connectivity index (χ2v) is 8.12. The lowest BCUT2D eigenvalue weighted by Crippen LogP contribution is -2.42. The van der Waals surface area contributed by atoms with Crippen molar-refractivity contribution in [1.29, 1.82) is 0 Å². The van der Waals surface area contributed by atoms with Crippen LogP contribution >= 0.6 is 24.0 Å². The fourth-order valence-corrected chi connectivity index (χ4v) is 4.39. The van der Waals surface area contributed by atoms with Crippen LogP contribution in [0.4, 0.5) is 0 Å². The van der Waals surface area contributed by atoms with Crippen molar-refractivity contribution < 1.29 is 0 Å². The average Bonchev–Trinajstić information content (AvgIpc) is 3.26. The molecule has 1 aliphatic carbocycles. The Morgan fingerprint density at radius 2 is 2.07 bits per heavy atom. The predicted octanol–water partition coefficient (Wildman–Crippen LogP) is 4.20. The van der Waals surface area contributed by atoms with Crippen LogP contribution in [0.15, 0.2) is 41.7 Å². The Labute approximate surface area is 185 Å². The molecule has 0 bridgehead atoms. The molecule has 1 saturated carbocycles. The van der Waals surface area contributed by atoms with E-state index in [-0.39, 0.29) is 24.0 Å². The molecule has 0 radical (unpaired) electrons. The molecule has 0 atom stereocenters. The van der Waals surface area contributed by atoms with Gasteiger partial charge >= 0.3 is 0 Å². The van der Waals surface area contributed by atoms with Crippen molar-refractivity contribution in [3.63, 3.8) is 0 Å². The molecule has 1 saturated heterocycles. The summed E-state index contributed by atoms with van der Waals surface area (Å²) >= 11 is 0. The lowest BCUT2D eigenvalue weighted by molar-refractivity contribution is 0.151. The van der Waals surface area contributed by atoms with Gasteiger partial charge in [-0.1, -0.05) is 30.7 Å². The van der Waals surface area contributed by atoms with E-state index in [2.05, 4.69) is 51.0 Å². The van der Waals surface area contributed by atoms with Gasteiger partial charge in [0, 0.05) is 38.6 Å². The molecule has 0 amide bonds. The van der Waals surface area contributed by atoms with E-state index in [9.17, 15) is 0 Å². The van der Waals surface area contributed by atoms with Crippen molar-refractivity contribution in [2.45, 2.75) is 52.6 Å². The summed E-state index contributed by atoms with van der Waals surface area (Å²) in [5, 5.41) is 3.50. The van der Waals surface area contributed by atoms with Crippen molar-refractivity contribution in [3.05, 3.63) is 53.6 Å². The van der Waals surface area contributed by atoms with Crippen molar-refractivity contribution in [3.8, 4) is 0 Å². The predicted molar refractivity (Wildman–Crippen MR) is 125 cm³/mol. The second kappa shape index (κ2) is 9.29. The van der Waals surface area contributed by atoms with E-state index >= 15 is 0 Å². The normalized spacial score (nSPS) is 18.1. The zero-order chi connectivity index (χ0) is 18.7. The van der Waals surface area contributed by atoms with E-state index < -0.39 is 0 Å². The Hall–Kier alpha value is -1.57. The molecule has 0 unspecified atom stereocenters. The first-order valence-corrected chi connectivity index (χ1v) is 10.3. The third kappa shape index (κ3) is 4.70. The second-order valence-electron chi connectivity index (χ2n) is 8.12. The van der Waals surface area contributed by atoms with Gasteiger partial charge in [0.15, 0.2) is 5.96 Å². The first-order valence-electron chi connectivity index (χ1n) is 10.3. The Morgan fingerprint density at radius 3 is 2.71 bits per heavy atom. The number of hydrogen-bond acceptors (Lipinski definition) is 2. The lowest BCUT2D eigenvalue weighted by Gasteiger charge is -2.38. The minimum Gasteiger partial charge on any atom is -0.357 e. The summed E-state index contributed by atoms with van der Waals surface area (Å²) in [5.41, 5.74) is 3.15. The van der Waals surface area contributed by atoms with Crippen LogP contribution < -0.4 is 5.32 Å². The Balaban J connectivity index is 0.00000225. The van der Waals surface area contributed by atoms with Gasteiger partial charge in [-0.2, -0.15) is 0 Å². The molecular weight excluding hydrogens is 461 g/mol. The van der Waals surface area contributed by atoms with Gasteiger partial charge in [-0.05, 0) is 49.7 Å². The van der Waals surface area contributed by atoms with E-state index in [1.807, 2.05) is 19.3 Å². The molecule has 152 valence electrons. The van der Waals surface area contributed by atoms with E-state index in [0.717, 1.165) is 38.0 Å². The van der Waals surface area contributed by atoms with Crippen LogP contribution in [0, 0.1) is 12.3 Å². The van der Waals surface area contributed by atoms with Crippen LogP contribution in [0.1, 0.15) is 49.6 Å². The van der Waals surface area contributed by atoms with Gasteiger partial charge in [0.25, 0.3) is 0 Å². The number of aliphatic imine (C=N–C) groups is 1. The van der Waals surface area contributed by atoms with Gasteiger partial charge in [0.05, 0.1) is 6.54 Å². The number of aromatic nitrogens is 2. The quantitative estimate of drug-likeness (QED) is 0.386. The fourth-order valence-electron chi connectivity index (χ4n) is 4.39. The Morgan fingerprint density at radius 1 is 1.25 bits per heavy atom. The number of likely N-dealkylation sites (tertiary alicyclic amines) is 1. The molecule has 2 heterocycles. The lowest BCUT2D eigenvalue weighted by atomic mass is 9.68. The zero-order valence-electron chi connectivity index (χ0n) is 17.0. The van der Waals surface area contributed by atoms with Gasteiger partial charge < -0.3 is 14.8 Å². The third-order valence-electron chi connectivity index (χ3n) is 6.17. The maximum atomic E-state index is 4.96. The third-order valence-corrected chi connectivity index (χ3v) is 6.17. The van der Waals surface area contributed by atoms with Crippen LogP contribution in [-0.4, -0.2) is 40.0 Å². The van der Waals surface area contributed by atoms with E-state index in [0.29, 0.717) is 5.41 Å². The average molecular weight is 493 g/mol. The molecule has 6 heteroatoms. The van der Waals surface area contributed by atoms with Crippen LogP contribution in [0.2, 0.25) is 0 Å². The molecular formula is C22H32IN5. The van der Waals surface area contributed by atoms with Crippen molar-refractivity contribution in [2.75, 3.05) is 19.6 Å². The van der Waals surface area contributed by atoms with E-state index in [1.165, 1.54) is 43.4 Å². The molecule has 1 aromatic heterocycles. The molecule has 1 N–H and O–H groups in total. The number of imidazole rings is 1. The molecule has 5 nitrogen and oxygen atoms in total. The molecule has 1 spiro atoms. The van der Waals surface area contributed by atoms with Gasteiger partial charge in [-0.3, -0.25) is 0 Å². The first kappa shape index (κ1) is 21.1. The largest absolute Gasteiger partial charge is 0.357 e. The van der Waals surface area contributed by atoms with Gasteiger partial charge in [-0.15, -0.1) is 24.0 Å². The number of halogens is 1. The summed E-state index contributed by atoms with van der Waals surface area (Å²) in [6.07, 6.45) is 9.43. The van der Waals surface area contributed by atoms with Gasteiger partial charge in [-0.25, -0.2) is 9.98 Å². The maximum Gasteiger partial charge on any atom is 0.194 e. The van der Waals surface area contributed by atoms with Crippen LogP contribution in [0.5, 0.6) is 0 Å². The molecule has 4 rings (SSSR count). The van der Waals surface area contributed by atoms with Crippen LogP contribution in [-0.2, 0) is 13.1 Å². The SMILES string of the molecule is CCNC(=NCc1cccc(Cn2ccnc2C)c1)N1CCC2(CCC2)C1.I. The topological polar surface area (TPSA) is 45.5 Å². The number of benzene rings is 1. The summed E-state index contributed by atoms with van der Waals surface area (Å²) in [4.78, 5) is 11.7. The van der Waals surface area contributed by atoms with E-state index in [4.69, 9.17) is 4.99 Å². The maximum absolute atomic E-state index is 4.96. The standard InChI is InChI=1S/C22H31N5.HI/c1-3-23-21(27-12-10-22(17-27)8-5-9-22)25-15-19-6-4-7-20(14-19)16-26-13-11-24-18(26)2;/h4,6-7,11,13-14H,3,5,8-10,12,15-17H2,1-2H3,(H,23,25);1H. The van der Waals surface area contributed by atoms with Gasteiger partial charge in [0.1, 0.15) is 5.82 Å². The summed E-state index contributed by atoms with van der Waals surface area (Å²) in [6, 6.07) is 8.76. The number of nitrogens with one attached hydrogen (secondary N) is 1. The minimum absolute atomic E-state index is 0. The molecule has 2 fully saturated rings. The number of rotatable bonds is 5. The number of guanidine groups is 1. The highest BCUT2D eigenvalue weighted by Crippen LogP contribution is 2.47. The number of nitrogens with zero attached hydrogens (tertiary/aromatic N) is 4. The molecule has 1 aromatic carbocycles. The highest BCUT2D eigenvalue weighted by atomic mass is 127. The monoisotopic (exact) mass is 493 g/mol. The van der Waals surface area contributed by atoms with Crippen LogP contribution in [0.25, 0.3) is 0 Å². The highest BCUT2D eigenvalue weighted by Gasteiger charge is 2.43. The Bertz CT molecular complexity index is 809. The van der Waals surface area contributed by atoms with Crippen molar-refractivity contribution >= 4 is 29.9 Å². The van der Waals surface area contributed by atoms with Crippen LogP contribution in [0.3, 0.4) is 0 Å². The smallest absolute Gasteiger partial charge is 0.194 e.